The molecule has 0 bridgehead atoms. The standard InChI is InChI=1S/C17H21N5O/c1-12-8-22(9-13-5-3-2-4-6-13)10-14(12)16(18)21-17(23)15-7-19-11-20-15/h2-7,11-12,14H,8-10H2,1H3,(H,19,20)(H2,18,21,23). The number of H-pyrrole nitrogens is 1. The second kappa shape index (κ2) is 6.75. The van der Waals surface area contributed by atoms with Crippen molar-refractivity contribution in [2.75, 3.05) is 13.1 Å². The van der Waals surface area contributed by atoms with Crippen LogP contribution in [0.5, 0.6) is 0 Å². The molecule has 1 aliphatic heterocycles. The zero-order chi connectivity index (χ0) is 16.2. The summed E-state index contributed by atoms with van der Waals surface area (Å²) in [5, 5.41) is 10.9. The van der Waals surface area contributed by atoms with Crippen molar-refractivity contribution in [2.45, 2.75) is 13.5 Å². The lowest BCUT2D eigenvalue weighted by atomic mass is 9.97. The first-order valence-corrected chi connectivity index (χ1v) is 7.78. The van der Waals surface area contributed by atoms with Gasteiger partial charge in [0.25, 0.3) is 5.91 Å². The molecule has 6 nitrogen and oxygen atoms in total. The summed E-state index contributed by atoms with van der Waals surface area (Å²) in [7, 11) is 0. The van der Waals surface area contributed by atoms with Gasteiger partial charge in [0.05, 0.1) is 12.5 Å². The highest BCUT2D eigenvalue weighted by Gasteiger charge is 2.33. The average molecular weight is 311 g/mol. The first-order chi connectivity index (χ1) is 11.1. The Morgan fingerprint density at radius 2 is 2.17 bits per heavy atom. The SMILES string of the molecule is CC1CN(Cc2ccccc2)CC1C(=N)NC(=O)c1cnc[nH]1. The fourth-order valence-electron chi connectivity index (χ4n) is 3.08. The predicted molar refractivity (Wildman–Crippen MR) is 88.2 cm³/mol. The van der Waals surface area contributed by atoms with Crippen LogP contribution in [0.4, 0.5) is 0 Å². The minimum absolute atomic E-state index is 0.0468. The van der Waals surface area contributed by atoms with Crippen LogP contribution in [0.1, 0.15) is 23.0 Å². The summed E-state index contributed by atoms with van der Waals surface area (Å²) in [4.78, 5) is 20.9. The zero-order valence-electron chi connectivity index (χ0n) is 13.1. The molecule has 3 N–H and O–H groups in total. The Labute approximate surface area is 135 Å². The number of carbonyl (C=O) groups is 1. The molecule has 1 amide bonds. The third-order valence-corrected chi connectivity index (χ3v) is 4.30. The number of likely N-dealkylation sites (tertiary alicyclic amines) is 1. The van der Waals surface area contributed by atoms with Crippen LogP contribution in [0.3, 0.4) is 0 Å². The number of amides is 1. The van der Waals surface area contributed by atoms with Crippen LogP contribution in [0.25, 0.3) is 0 Å². The molecule has 6 heteroatoms. The summed E-state index contributed by atoms with van der Waals surface area (Å²) in [5.41, 5.74) is 1.65. The van der Waals surface area contributed by atoms with E-state index in [1.807, 2.05) is 18.2 Å². The fourth-order valence-corrected chi connectivity index (χ4v) is 3.08. The van der Waals surface area contributed by atoms with Gasteiger partial charge >= 0.3 is 0 Å². The highest BCUT2D eigenvalue weighted by atomic mass is 16.1. The summed E-state index contributed by atoms with van der Waals surface area (Å²) >= 11 is 0. The van der Waals surface area contributed by atoms with E-state index in [0.29, 0.717) is 11.6 Å². The molecule has 2 heterocycles. The number of hydrogen-bond acceptors (Lipinski definition) is 4. The zero-order valence-corrected chi connectivity index (χ0v) is 13.1. The van der Waals surface area contributed by atoms with E-state index in [4.69, 9.17) is 5.41 Å². The number of hydrogen-bond donors (Lipinski definition) is 3. The first-order valence-electron chi connectivity index (χ1n) is 7.78. The summed E-state index contributed by atoms with van der Waals surface area (Å²) < 4.78 is 0. The molecular formula is C17H21N5O. The molecule has 120 valence electrons. The van der Waals surface area contributed by atoms with Crippen molar-refractivity contribution in [3.8, 4) is 0 Å². The molecule has 1 aromatic carbocycles. The number of aromatic nitrogens is 2. The molecule has 1 aromatic heterocycles. The molecule has 2 atom stereocenters. The lowest BCUT2D eigenvalue weighted by molar-refractivity contribution is 0.0970. The lowest BCUT2D eigenvalue weighted by Gasteiger charge is -2.17. The van der Waals surface area contributed by atoms with E-state index in [-0.39, 0.29) is 17.7 Å². The van der Waals surface area contributed by atoms with Crippen LogP contribution in [-0.4, -0.2) is 39.7 Å². The van der Waals surface area contributed by atoms with Gasteiger partial charge in [0.15, 0.2) is 0 Å². The minimum atomic E-state index is -0.304. The molecule has 0 radical (unpaired) electrons. The maximum absolute atomic E-state index is 12.0. The second-order valence-corrected chi connectivity index (χ2v) is 6.10. The molecule has 0 aliphatic carbocycles. The lowest BCUT2D eigenvalue weighted by Crippen LogP contribution is -2.38. The maximum Gasteiger partial charge on any atom is 0.274 e. The number of rotatable bonds is 4. The van der Waals surface area contributed by atoms with Crippen LogP contribution in [0.2, 0.25) is 0 Å². The van der Waals surface area contributed by atoms with E-state index in [2.05, 4.69) is 39.2 Å². The molecule has 1 aliphatic rings. The summed E-state index contributed by atoms with van der Waals surface area (Å²) in [5.74, 6) is 0.368. The Balaban J connectivity index is 1.58. The van der Waals surface area contributed by atoms with Crippen molar-refractivity contribution >= 4 is 11.7 Å². The second-order valence-electron chi connectivity index (χ2n) is 6.10. The number of nitrogens with one attached hydrogen (secondary N) is 3. The highest BCUT2D eigenvalue weighted by Crippen LogP contribution is 2.24. The van der Waals surface area contributed by atoms with Crippen molar-refractivity contribution in [3.05, 3.63) is 54.1 Å². The van der Waals surface area contributed by atoms with Gasteiger partial charge in [0, 0.05) is 25.6 Å². The predicted octanol–water partition coefficient (Wildman–Crippen LogP) is 1.88. The third kappa shape index (κ3) is 3.65. The van der Waals surface area contributed by atoms with Gasteiger partial charge in [0.1, 0.15) is 11.5 Å². The van der Waals surface area contributed by atoms with E-state index >= 15 is 0 Å². The van der Waals surface area contributed by atoms with E-state index in [1.165, 1.54) is 18.1 Å². The van der Waals surface area contributed by atoms with Crippen molar-refractivity contribution < 1.29 is 4.79 Å². The summed E-state index contributed by atoms with van der Waals surface area (Å²) in [6.45, 7) is 4.73. The van der Waals surface area contributed by atoms with Gasteiger partial charge in [-0.15, -0.1) is 0 Å². The molecule has 1 fully saturated rings. The van der Waals surface area contributed by atoms with E-state index in [1.54, 1.807) is 0 Å². The van der Waals surface area contributed by atoms with E-state index in [0.717, 1.165) is 19.6 Å². The number of amidine groups is 1. The van der Waals surface area contributed by atoms with Crippen molar-refractivity contribution in [3.63, 3.8) is 0 Å². The number of benzene rings is 1. The molecule has 3 rings (SSSR count). The molecule has 0 saturated carbocycles. The smallest absolute Gasteiger partial charge is 0.274 e. The van der Waals surface area contributed by atoms with Crippen molar-refractivity contribution in [1.29, 1.82) is 5.41 Å². The van der Waals surface area contributed by atoms with Gasteiger partial charge in [-0.3, -0.25) is 15.1 Å². The Kier molecular flexibility index (Phi) is 4.52. The Morgan fingerprint density at radius 1 is 1.39 bits per heavy atom. The van der Waals surface area contributed by atoms with Crippen molar-refractivity contribution in [1.82, 2.24) is 20.2 Å². The first kappa shape index (κ1) is 15.4. The monoisotopic (exact) mass is 311 g/mol. The normalized spacial score (nSPS) is 21.3. The molecule has 1 saturated heterocycles. The average Bonchev–Trinajstić information content (AvgIpc) is 3.18. The Hall–Kier alpha value is -2.47. The summed E-state index contributed by atoms with van der Waals surface area (Å²) in [6, 6.07) is 10.3. The largest absolute Gasteiger partial charge is 0.341 e. The summed E-state index contributed by atoms with van der Waals surface area (Å²) in [6.07, 6.45) is 2.92. The number of carbonyl (C=O) groups excluding carboxylic acids is 1. The van der Waals surface area contributed by atoms with Gasteiger partial charge in [-0.1, -0.05) is 37.3 Å². The number of aromatic amines is 1. The van der Waals surface area contributed by atoms with E-state index < -0.39 is 0 Å². The highest BCUT2D eigenvalue weighted by molar-refractivity contribution is 6.05. The van der Waals surface area contributed by atoms with E-state index in [9.17, 15) is 4.79 Å². The topological polar surface area (TPSA) is 84.9 Å². The van der Waals surface area contributed by atoms with Crippen LogP contribution < -0.4 is 5.32 Å². The number of imidazole rings is 1. The quantitative estimate of drug-likeness (QED) is 0.595. The van der Waals surface area contributed by atoms with Crippen LogP contribution in [0, 0.1) is 17.2 Å². The molecule has 2 unspecified atom stereocenters. The van der Waals surface area contributed by atoms with Gasteiger partial charge in [-0.2, -0.15) is 0 Å². The maximum atomic E-state index is 12.0. The molecular weight excluding hydrogens is 290 g/mol. The van der Waals surface area contributed by atoms with Gasteiger partial charge in [-0.25, -0.2) is 4.98 Å². The Bertz CT molecular complexity index is 668. The van der Waals surface area contributed by atoms with Gasteiger partial charge in [0.2, 0.25) is 0 Å². The molecule has 23 heavy (non-hydrogen) atoms. The van der Waals surface area contributed by atoms with Crippen LogP contribution >= 0.6 is 0 Å². The van der Waals surface area contributed by atoms with Crippen LogP contribution in [-0.2, 0) is 6.54 Å². The fraction of sp³-hybridized carbons (Fsp3) is 0.353. The van der Waals surface area contributed by atoms with Gasteiger partial charge < -0.3 is 10.3 Å². The molecule has 0 spiro atoms. The Morgan fingerprint density at radius 3 is 2.87 bits per heavy atom. The third-order valence-electron chi connectivity index (χ3n) is 4.30. The number of nitrogens with zero attached hydrogens (tertiary/aromatic N) is 2. The molecule has 2 aromatic rings. The van der Waals surface area contributed by atoms with Crippen molar-refractivity contribution in [2.24, 2.45) is 11.8 Å². The van der Waals surface area contributed by atoms with Crippen LogP contribution in [0.15, 0.2) is 42.9 Å². The van der Waals surface area contributed by atoms with Gasteiger partial charge in [-0.05, 0) is 11.5 Å². The minimum Gasteiger partial charge on any atom is -0.341 e.